The minimum absolute atomic E-state index is 0.0286. The minimum atomic E-state index is -0.245. The van der Waals surface area contributed by atoms with Crippen molar-refractivity contribution in [2.75, 3.05) is 13.7 Å². The van der Waals surface area contributed by atoms with Crippen molar-refractivity contribution >= 4 is 17.2 Å². The van der Waals surface area contributed by atoms with E-state index in [4.69, 9.17) is 9.26 Å². The van der Waals surface area contributed by atoms with Crippen LogP contribution in [0.25, 0.3) is 0 Å². The van der Waals surface area contributed by atoms with Gasteiger partial charge in [0.05, 0.1) is 17.3 Å². The Morgan fingerprint density at radius 3 is 3.05 bits per heavy atom. The lowest BCUT2D eigenvalue weighted by atomic mass is 10.2. The highest BCUT2D eigenvalue weighted by Crippen LogP contribution is 2.34. The Bertz CT molecular complexity index is 669. The van der Waals surface area contributed by atoms with Gasteiger partial charge >= 0.3 is 0 Å². The predicted octanol–water partition coefficient (Wildman–Crippen LogP) is 2.00. The molecule has 1 amide bonds. The molecule has 0 saturated carbocycles. The van der Waals surface area contributed by atoms with E-state index >= 15 is 0 Å². The zero-order chi connectivity index (χ0) is 15.7. The molecule has 0 aromatic carbocycles. The summed E-state index contributed by atoms with van der Waals surface area (Å²) < 4.78 is 10.7. The minimum Gasteiger partial charge on any atom is -0.380 e. The lowest BCUT2D eigenvalue weighted by Gasteiger charge is -2.21. The number of hydrogen-bond acceptors (Lipinski definition) is 7. The van der Waals surface area contributed by atoms with Crippen molar-refractivity contribution in [1.82, 2.24) is 20.0 Å². The highest BCUT2D eigenvalue weighted by molar-refractivity contribution is 7.11. The quantitative estimate of drug-likeness (QED) is 0.856. The number of aromatic nitrogens is 3. The van der Waals surface area contributed by atoms with Gasteiger partial charge in [-0.3, -0.25) is 4.79 Å². The molecule has 3 heterocycles. The number of thiazole rings is 1. The number of ether oxygens (including phenoxy) is 1. The zero-order valence-corrected chi connectivity index (χ0v) is 13.6. The highest BCUT2D eigenvalue weighted by atomic mass is 32.1. The van der Waals surface area contributed by atoms with E-state index in [9.17, 15) is 4.79 Å². The Kier molecular flexibility index (Phi) is 4.21. The number of carbonyl (C=O) groups is 1. The third-order valence-corrected chi connectivity index (χ3v) is 4.71. The van der Waals surface area contributed by atoms with E-state index in [0.29, 0.717) is 29.6 Å². The number of likely N-dealkylation sites (tertiary alicyclic amines) is 1. The van der Waals surface area contributed by atoms with Gasteiger partial charge in [-0.05, 0) is 13.3 Å². The van der Waals surface area contributed by atoms with Crippen LogP contribution < -0.4 is 0 Å². The maximum absolute atomic E-state index is 12.9. The molecule has 0 radical (unpaired) electrons. The summed E-state index contributed by atoms with van der Waals surface area (Å²) in [4.78, 5) is 23.9. The van der Waals surface area contributed by atoms with Crippen molar-refractivity contribution in [3.8, 4) is 0 Å². The van der Waals surface area contributed by atoms with Crippen LogP contribution in [0.5, 0.6) is 0 Å². The molecule has 0 unspecified atom stereocenters. The van der Waals surface area contributed by atoms with Crippen LogP contribution in [0.3, 0.4) is 0 Å². The topological polar surface area (TPSA) is 81.4 Å². The van der Waals surface area contributed by atoms with Crippen molar-refractivity contribution in [1.29, 1.82) is 0 Å². The molecule has 118 valence electrons. The monoisotopic (exact) mass is 322 g/mol. The lowest BCUT2D eigenvalue weighted by Crippen LogP contribution is -2.32. The number of aryl methyl sites for hydroxylation is 2. The van der Waals surface area contributed by atoms with Crippen LogP contribution in [0, 0.1) is 6.92 Å². The molecule has 1 aliphatic heterocycles. The van der Waals surface area contributed by atoms with Gasteiger partial charge in [-0.1, -0.05) is 12.1 Å². The summed E-state index contributed by atoms with van der Waals surface area (Å²) in [6.07, 6.45) is 1.36. The summed E-state index contributed by atoms with van der Waals surface area (Å²) in [5.74, 6) is 0.989. The van der Waals surface area contributed by atoms with E-state index in [-0.39, 0.29) is 18.1 Å². The van der Waals surface area contributed by atoms with E-state index < -0.39 is 0 Å². The SMILES string of the molecule is CCc1ncsc1C(=O)N1C[C@H](OC)C[C@@H]1c1nc(C)no1. The van der Waals surface area contributed by atoms with Crippen molar-refractivity contribution < 1.29 is 14.1 Å². The van der Waals surface area contributed by atoms with Crippen LogP contribution in [0.15, 0.2) is 10.0 Å². The Balaban J connectivity index is 1.90. The van der Waals surface area contributed by atoms with Crippen molar-refractivity contribution in [3.05, 3.63) is 27.8 Å². The van der Waals surface area contributed by atoms with Crippen LogP contribution in [-0.4, -0.2) is 45.7 Å². The summed E-state index contributed by atoms with van der Waals surface area (Å²) >= 11 is 1.37. The van der Waals surface area contributed by atoms with Gasteiger partial charge < -0.3 is 14.2 Å². The van der Waals surface area contributed by atoms with Gasteiger partial charge in [0.15, 0.2) is 5.82 Å². The molecule has 1 fully saturated rings. The first-order valence-corrected chi connectivity index (χ1v) is 8.08. The normalized spacial score (nSPS) is 21.5. The van der Waals surface area contributed by atoms with Gasteiger partial charge in [-0.25, -0.2) is 4.98 Å². The molecular weight excluding hydrogens is 304 g/mol. The van der Waals surface area contributed by atoms with Gasteiger partial charge in [0.25, 0.3) is 5.91 Å². The molecule has 2 atom stereocenters. The van der Waals surface area contributed by atoms with E-state index in [1.54, 1.807) is 24.4 Å². The molecule has 1 saturated heterocycles. The second kappa shape index (κ2) is 6.13. The largest absolute Gasteiger partial charge is 0.380 e. The lowest BCUT2D eigenvalue weighted by molar-refractivity contribution is 0.0674. The average Bonchev–Trinajstić information content (AvgIpc) is 3.24. The van der Waals surface area contributed by atoms with E-state index in [2.05, 4.69) is 15.1 Å². The number of hydrogen-bond donors (Lipinski definition) is 0. The fraction of sp³-hybridized carbons (Fsp3) is 0.571. The molecule has 1 aliphatic rings. The number of rotatable bonds is 4. The Morgan fingerprint density at radius 1 is 1.59 bits per heavy atom. The summed E-state index contributed by atoms with van der Waals surface area (Å²) in [7, 11) is 1.65. The molecule has 0 bridgehead atoms. The maximum Gasteiger partial charge on any atom is 0.266 e. The highest BCUT2D eigenvalue weighted by Gasteiger charge is 2.40. The van der Waals surface area contributed by atoms with Gasteiger partial charge in [0.2, 0.25) is 5.89 Å². The second-order valence-corrected chi connectivity index (χ2v) is 6.08. The first-order valence-electron chi connectivity index (χ1n) is 7.20. The smallest absolute Gasteiger partial charge is 0.266 e. The Hall–Kier alpha value is -1.80. The molecule has 2 aromatic heterocycles. The molecule has 0 aliphatic carbocycles. The number of methoxy groups -OCH3 is 1. The number of nitrogens with zero attached hydrogens (tertiary/aromatic N) is 4. The molecule has 3 rings (SSSR count). The van der Waals surface area contributed by atoms with Crippen molar-refractivity contribution in [2.24, 2.45) is 0 Å². The van der Waals surface area contributed by atoms with Crippen LogP contribution >= 0.6 is 11.3 Å². The molecular formula is C14H18N4O3S. The van der Waals surface area contributed by atoms with E-state index in [0.717, 1.165) is 12.1 Å². The fourth-order valence-electron chi connectivity index (χ4n) is 2.70. The fourth-order valence-corrected chi connectivity index (χ4v) is 3.54. The Morgan fingerprint density at radius 2 is 2.41 bits per heavy atom. The second-order valence-electron chi connectivity index (χ2n) is 5.23. The maximum atomic E-state index is 12.9. The van der Waals surface area contributed by atoms with Crippen LogP contribution in [0.1, 0.15) is 46.5 Å². The molecule has 0 N–H and O–H groups in total. The van der Waals surface area contributed by atoms with Gasteiger partial charge in [-0.2, -0.15) is 4.98 Å². The summed E-state index contributed by atoms with van der Waals surface area (Å²) in [5, 5.41) is 3.83. The third kappa shape index (κ3) is 2.64. The number of amides is 1. The molecule has 0 spiro atoms. The average molecular weight is 322 g/mol. The molecule has 7 nitrogen and oxygen atoms in total. The summed E-state index contributed by atoms with van der Waals surface area (Å²) in [6, 6.07) is -0.245. The van der Waals surface area contributed by atoms with Crippen LogP contribution in [-0.2, 0) is 11.2 Å². The van der Waals surface area contributed by atoms with Crippen LogP contribution in [0.4, 0.5) is 0 Å². The van der Waals surface area contributed by atoms with E-state index in [1.807, 2.05) is 6.92 Å². The molecule has 8 heteroatoms. The predicted molar refractivity (Wildman–Crippen MR) is 79.7 cm³/mol. The van der Waals surface area contributed by atoms with Crippen molar-refractivity contribution in [3.63, 3.8) is 0 Å². The first-order chi connectivity index (χ1) is 10.6. The van der Waals surface area contributed by atoms with Crippen LogP contribution in [0.2, 0.25) is 0 Å². The number of carbonyl (C=O) groups excluding carboxylic acids is 1. The van der Waals surface area contributed by atoms with Gasteiger partial charge in [0.1, 0.15) is 10.9 Å². The van der Waals surface area contributed by atoms with E-state index in [1.165, 1.54) is 11.3 Å². The third-order valence-electron chi connectivity index (χ3n) is 3.86. The standard InChI is InChI=1S/C14H18N4O3S/c1-4-10-12(22-7-15-10)14(19)18-6-9(20-3)5-11(18)13-16-8(2)17-21-13/h7,9,11H,4-6H2,1-3H3/t9-,11-/m1/s1. The van der Waals surface area contributed by atoms with Crippen molar-refractivity contribution in [2.45, 2.75) is 38.8 Å². The first kappa shape index (κ1) is 15.1. The van der Waals surface area contributed by atoms with Gasteiger partial charge in [-0.15, -0.1) is 11.3 Å². The zero-order valence-electron chi connectivity index (χ0n) is 12.8. The summed E-state index contributed by atoms with van der Waals surface area (Å²) in [6.45, 7) is 4.27. The molecule has 22 heavy (non-hydrogen) atoms. The summed E-state index contributed by atoms with van der Waals surface area (Å²) in [5.41, 5.74) is 2.54. The Labute approximate surface area is 132 Å². The molecule has 2 aromatic rings. The van der Waals surface area contributed by atoms with Gasteiger partial charge in [0, 0.05) is 20.1 Å².